The van der Waals surface area contributed by atoms with Gasteiger partial charge in [-0.25, -0.2) is 9.97 Å². The van der Waals surface area contributed by atoms with Gasteiger partial charge in [-0.15, -0.1) is 0 Å². The standard InChI is InChI=1S/C45H53ClN7O5P/c1-58-40-27-34(12-11-31(40)26-42-47-28-37(46)38(48-42)25-32-7-4-5-10-41(32)59(2,3)57)51-19-16-33(17-20-51)52-23-21-50(22-24-52)18-15-30-8-6-9-35-36(30)29-53(45(35)56)39-13-14-43(54)49-44(39)55/h4-12,27-28,33,39H,13-26,29H2,1-3H3,(H,49,54,55). The zero-order valence-corrected chi connectivity index (χ0v) is 35.8. The molecular weight excluding hydrogens is 785 g/mol. The number of piperidine rings is 2. The number of benzene rings is 3. The first-order valence-electron chi connectivity index (χ1n) is 20.7. The van der Waals surface area contributed by atoms with Crippen LogP contribution in [-0.2, 0) is 40.0 Å². The number of ether oxygens (including phenoxy) is 1. The summed E-state index contributed by atoms with van der Waals surface area (Å²) in [7, 11) is -0.763. The van der Waals surface area contributed by atoms with Gasteiger partial charge in [0.05, 0.1) is 17.8 Å². The van der Waals surface area contributed by atoms with Crippen molar-refractivity contribution >= 4 is 47.5 Å². The van der Waals surface area contributed by atoms with Gasteiger partial charge in [0.2, 0.25) is 11.8 Å². The van der Waals surface area contributed by atoms with Gasteiger partial charge in [0, 0.05) is 112 Å². The van der Waals surface area contributed by atoms with Crippen LogP contribution in [0.4, 0.5) is 5.69 Å². The molecule has 8 rings (SSSR count). The summed E-state index contributed by atoms with van der Waals surface area (Å²) in [5.41, 5.74) is 6.70. The maximum atomic E-state index is 13.3. The molecule has 4 aliphatic rings. The largest absolute Gasteiger partial charge is 0.496 e. The highest BCUT2D eigenvalue weighted by molar-refractivity contribution is 7.70. The van der Waals surface area contributed by atoms with E-state index in [0.717, 1.165) is 104 Å². The first kappa shape index (κ1) is 41.1. The quantitative estimate of drug-likeness (QED) is 0.151. The van der Waals surface area contributed by atoms with Crippen molar-refractivity contribution in [1.82, 2.24) is 30.0 Å². The molecule has 1 aromatic heterocycles. The number of hydrogen-bond donors (Lipinski definition) is 1. The smallest absolute Gasteiger partial charge is 0.255 e. The van der Waals surface area contributed by atoms with Crippen molar-refractivity contribution in [3.8, 4) is 5.75 Å². The van der Waals surface area contributed by atoms with E-state index in [4.69, 9.17) is 21.3 Å². The first-order chi connectivity index (χ1) is 28.4. The highest BCUT2D eigenvalue weighted by Crippen LogP contribution is 2.37. The highest BCUT2D eigenvalue weighted by atomic mass is 35.5. The van der Waals surface area contributed by atoms with Crippen molar-refractivity contribution in [3.63, 3.8) is 0 Å². The maximum Gasteiger partial charge on any atom is 0.255 e. The number of carbonyl (C=O) groups is 3. The molecule has 3 aromatic carbocycles. The van der Waals surface area contributed by atoms with Crippen LogP contribution in [-0.4, -0.2) is 121 Å². The Bertz CT molecular complexity index is 2280. The van der Waals surface area contributed by atoms with E-state index in [-0.39, 0.29) is 24.1 Å². The van der Waals surface area contributed by atoms with Crippen LogP contribution in [0.15, 0.2) is 66.9 Å². The monoisotopic (exact) mass is 837 g/mol. The molecule has 4 aromatic rings. The average molecular weight is 838 g/mol. The van der Waals surface area contributed by atoms with Gasteiger partial charge in [0.25, 0.3) is 5.91 Å². The molecule has 12 nitrogen and oxygen atoms in total. The summed E-state index contributed by atoms with van der Waals surface area (Å²) in [6.45, 7) is 11.0. The van der Waals surface area contributed by atoms with Crippen molar-refractivity contribution in [2.75, 3.05) is 71.2 Å². The topological polar surface area (TPSA) is 128 Å². The number of rotatable bonds is 12. The molecule has 1 N–H and O–H groups in total. The normalized spacial score (nSPS) is 19.6. The number of aromatic nitrogens is 2. The molecular formula is C45H53ClN7O5P. The van der Waals surface area contributed by atoms with Gasteiger partial charge in [0.15, 0.2) is 0 Å². The lowest BCUT2D eigenvalue weighted by atomic mass is 9.99. The van der Waals surface area contributed by atoms with E-state index in [1.165, 1.54) is 0 Å². The number of nitrogens with zero attached hydrogens (tertiary/aromatic N) is 6. The van der Waals surface area contributed by atoms with Crippen molar-refractivity contribution in [2.24, 2.45) is 0 Å². The lowest BCUT2D eigenvalue weighted by Crippen LogP contribution is -2.53. The second-order valence-electron chi connectivity index (χ2n) is 16.6. The molecule has 14 heteroatoms. The third kappa shape index (κ3) is 9.11. The predicted octanol–water partition coefficient (Wildman–Crippen LogP) is 5.16. The minimum atomic E-state index is -2.47. The number of nitrogens with one attached hydrogen (secondary N) is 1. The van der Waals surface area contributed by atoms with Crippen LogP contribution in [0.1, 0.15) is 69.8 Å². The van der Waals surface area contributed by atoms with Crippen LogP contribution in [0.25, 0.3) is 0 Å². The van der Waals surface area contributed by atoms with Gasteiger partial charge in [-0.3, -0.25) is 24.6 Å². The van der Waals surface area contributed by atoms with Gasteiger partial charge in [-0.1, -0.05) is 54.1 Å². The van der Waals surface area contributed by atoms with Crippen LogP contribution < -0.4 is 20.3 Å². The third-order valence-corrected chi connectivity index (χ3v) is 14.5. The number of hydrogen-bond acceptors (Lipinski definition) is 10. The van der Waals surface area contributed by atoms with E-state index in [9.17, 15) is 18.9 Å². The number of carbonyl (C=O) groups excluding carboxylic acids is 3. The molecule has 4 aliphatic heterocycles. The second-order valence-corrected chi connectivity index (χ2v) is 20.2. The first-order valence-corrected chi connectivity index (χ1v) is 23.7. The number of anilines is 1. The van der Waals surface area contributed by atoms with Crippen LogP contribution >= 0.6 is 18.7 Å². The van der Waals surface area contributed by atoms with Crippen LogP contribution in [0.3, 0.4) is 0 Å². The second kappa shape index (κ2) is 17.5. The minimum absolute atomic E-state index is 0.118. The van der Waals surface area contributed by atoms with Crippen LogP contribution in [0.5, 0.6) is 5.75 Å². The summed E-state index contributed by atoms with van der Waals surface area (Å²) < 4.78 is 18.9. The summed E-state index contributed by atoms with van der Waals surface area (Å²) in [5, 5.41) is 3.74. The van der Waals surface area contributed by atoms with Gasteiger partial charge in [0.1, 0.15) is 24.8 Å². The summed E-state index contributed by atoms with van der Waals surface area (Å²) in [4.78, 5) is 56.2. The van der Waals surface area contributed by atoms with E-state index in [0.29, 0.717) is 54.0 Å². The zero-order valence-electron chi connectivity index (χ0n) is 34.2. The Morgan fingerprint density at radius 1 is 0.881 bits per heavy atom. The van der Waals surface area contributed by atoms with E-state index in [2.05, 4.69) is 49.3 Å². The summed E-state index contributed by atoms with van der Waals surface area (Å²) in [6, 6.07) is 20.1. The Labute approximate surface area is 351 Å². The van der Waals surface area contributed by atoms with E-state index >= 15 is 0 Å². The molecule has 1 atom stereocenters. The molecule has 59 heavy (non-hydrogen) atoms. The Kier molecular flexibility index (Phi) is 12.2. The lowest BCUT2D eigenvalue weighted by molar-refractivity contribution is -0.136. The lowest BCUT2D eigenvalue weighted by Gasteiger charge is -2.43. The number of methoxy groups -OCH3 is 1. The van der Waals surface area contributed by atoms with Crippen molar-refractivity contribution < 1.29 is 23.7 Å². The molecule has 3 fully saturated rings. The zero-order chi connectivity index (χ0) is 41.3. The Balaban J connectivity index is 0.819. The molecule has 0 spiro atoms. The number of amides is 3. The fraction of sp³-hybridized carbons (Fsp3) is 0.444. The number of halogens is 1. The summed E-state index contributed by atoms with van der Waals surface area (Å²) >= 11 is 6.57. The molecule has 0 radical (unpaired) electrons. The fourth-order valence-electron chi connectivity index (χ4n) is 9.27. The molecule has 3 amide bonds. The number of piperazine rings is 1. The highest BCUT2D eigenvalue weighted by Gasteiger charge is 2.40. The Morgan fingerprint density at radius 3 is 2.39 bits per heavy atom. The van der Waals surface area contributed by atoms with E-state index in [1.54, 1.807) is 31.5 Å². The van der Waals surface area contributed by atoms with Crippen LogP contribution in [0.2, 0.25) is 5.02 Å². The van der Waals surface area contributed by atoms with Gasteiger partial charge >= 0.3 is 0 Å². The van der Waals surface area contributed by atoms with Gasteiger partial charge in [-0.05, 0) is 67.8 Å². The fourth-order valence-corrected chi connectivity index (χ4v) is 10.7. The number of fused-ring (bicyclic) bond motifs is 1. The Morgan fingerprint density at radius 2 is 1.64 bits per heavy atom. The summed E-state index contributed by atoms with van der Waals surface area (Å²) in [5.74, 6) is 0.700. The SMILES string of the molecule is COc1cc(N2CCC(N3CCN(CCc4cccc5c4CN(C4CCC(=O)NC4=O)C5=O)CC3)CC2)ccc1Cc1ncc(Cl)c(Cc2ccccc2P(C)(C)=O)n1. The van der Waals surface area contributed by atoms with Gasteiger partial charge in [-0.2, -0.15) is 0 Å². The molecule has 3 saturated heterocycles. The van der Waals surface area contributed by atoms with E-state index < -0.39 is 13.2 Å². The van der Waals surface area contributed by atoms with Crippen molar-refractivity contribution in [3.05, 3.63) is 111 Å². The third-order valence-electron chi connectivity index (χ3n) is 12.5. The maximum absolute atomic E-state index is 13.3. The predicted molar refractivity (Wildman–Crippen MR) is 231 cm³/mol. The Hall–Kier alpha value is -4.61. The average Bonchev–Trinajstić information content (AvgIpc) is 3.57. The van der Waals surface area contributed by atoms with Crippen molar-refractivity contribution in [2.45, 2.75) is 63.6 Å². The molecule has 0 bridgehead atoms. The van der Waals surface area contributed by atoms with Crippen molar-refractivity contribution in [1.29, 1.82) is 0 Å². The summed E-state index contributed by atoms with van der Waals surface area (Å²) in [6.07, 6.45) is 6.33. The molecule has 0 saturated carbocycles. The van der Waals surface area contributed by atoms with E-state index in [1.807, 2.05) is 36.4 Å². The van der Waals surface area contributed by atoms with Crippen LogP contribution in [0, 0.1) is 0 Å². The minimum Gasteiger partial charge on any atom is -0.496 e. The number of imide groups is 1. The molecule has 310 valence electrons. The molecule has 1 unspecified atom stereocenters. The van der Waals surface area contributed by atoms with Gasteiger partial charge < -0.3 is 24.0 Å². The molecule has 0 aliphatic carbocycles. The molecule has 5 heterocycles.